The number of alkyl halides is 1. The highest BCUT2D eigenvalue weighted by Crippen LogP contribution is 2.33. The van der Waals surface area contributed by atoms with Gasteiger partial charge in [-0.15, -0.1) is 34.3 Å². The summed E-state index contributed by atoms with van der Waals surface area (Å²) in [6.07, 6.45) is 0. The molecule has 0 fully saturated rings. The summed E-state index contributed by atoms with van der Waals surface area (Å²) in [6.45, 7) is 1.52. The molecule has 23 heavy (non-hydrogen) atoms. The van der Waals surface area contributed by atoms with Gasteiger partial charge in [0.05, 0.1) is 23.6 Å². The van der Waals surface area contributed by atoms with Gasteiger partial charge < -0.3 is 4.74 Å². The number of hydrogen-bond donors (Lipinski definition) is 0. The lowest BCUT2D eigenvalue weighted by Crippen LogP contribution is -1.92. The zero-order valence-corrected chi connectivity index (χ0v) is 14.9. The molecule has 0 aliphatic heterocycles. The number of aromatic nitrogens is 2. The molecule has 4 nitrogen and oxygen atoms in total. The van der Waals surface area contributed by atoms with Gasteiger partial charge in [0, 0.05) is 17.9 Å². The molecule has 0 spiro atoms. The van der Waals surface area contributed by atoms with Crippen LogP contribution in [0.3, 0.4) is 0 Å². The molecule has 0 aliphatic rings. The van der Waals surface area contributed by atoms with Crippen LogP contribution in [-0.2, 0) is 5.88 Å². The van der Waals surface area contributed by atoms with Crippen molar-refractivity contribution in [2.75, 3.05) is 7.11 Å². The van der Waals surface area contributed by atoms with Crippen molar-refractivity contribution in [3.63, 3.8) is 0 Å². The fourth-order valence-corrected chi connectivity index (χ4v) is 4.16. The Morgan fingerprint density at radius 1 is 1.22 bits per heavy atom. The lowest BCUT2D eigenvalue weighted by molar-refractivity contribution is 0.102. The van der Waals surface area contributed by atoms with Crippen molar-refractivity contribution in [1.29, 1.82) is 0 Å². The summed E-state index contributed by atoms with van der Waals surface area (Å²) in [6, 6.07) is 7.74. The van der Waals surface area contributed by atoms with E-state index in [1.807, 2.05) is 29.6 Å². The molecule has 0 radical (unpaired) electrons. The third-order valence-electron chi connectivity index (χ3n) is 3.20. The van der Waals surface area contributed by atoms with Gasteiger partial charge in [0.1, 0.15) is 21.5 Å². The van der Waals surface area contributed by atoms with Gasteiger partial charge in [-0.2, -0.15) is 0 Å². The molecular formula is C16H13ClN2O2S2. The molecule has 0 N–H and O–H groups in total. The molecule has 118 valence electrons. The minimum atomic E-state index is -0.0185. The van der Waals surface area contributed by atoms with Crippen molar-refractivity contribution in [2.24, 2.45) is 0 Å². The smallest absolute Gasteiger partial charge is 0.171 e. The van der Waals surface area contributed by atoms with Crippen LogP contribution in [0, 0.1) is 0 Å². The largest absolute Gasteiger partial charge is 0.497 e. The lowest BCUT2D eigenvalue weighted by atomic mass is 10.2. The molecule has 1 aromatic carbocycles. The van der Waals surface area contributed by atoms with Gasteiger partial charge >= 0.3 is 0 Å². The van der Waals surface area contributed by atoms with Crippen LogP contribution in [0.2, 0.25) is 0 Å². The summed E-state index contributed by atoms with van der Waals surface area (Å²) in [5.74, 6) is 1.01. The van der Waals surface area contributed by atoms with Gasteiger partial charge in [-0.25, -0.2) is 9.97 Å². The first-order chi connectivity index (χ1) is 11.1. The molecule has 7 heteroatoms. The van der Waals surface area contributed by atoms with Crippen molar-refractivity contribution in [3.8, 4) is 27.0 Å². The average molecular weight is 365 g/mol. The van der Waals surface area contributed by atoms with Gasteiger partial charge in [0.2, 0.25) is 0 Å². The lowest BCUT2D eigenvalue weighted by Gasteiger charge is -2.00. The SMILES string of the molecule is COc1ccc(-c2nc(-c3nc(CCl)c(C(C)=O)s3)cs2)cc1. The van der Waals surface area contributed by atoms with Crippen molar-refractivity contribution in [2.45, 2.75) is 12.8 Å². The second-order valence-electron chi connectivity index (χ2n) is 4.75. The van der Waals surface area contributed by atoms with Gasteiger partial charge in [0.25, 0.3) is 0 Å². The summed E-state index contributed by atoms with van der Waals surface area (Å²) < 4.78 is 5.16. The molecule has 0 atom stereocenters. The van der Waals surface area contributed by atoms with E-state index in [1.54, 1.807) is 7.11 Å². The number of Topliss-reactive ketones (excluding diaryl/α,β-unsaturated/α-hetero) is 1. The summed E-state index contributed by atoms with van der Waals surface area (Å²) >= 11 is 8.75. The van der Waals surface area contributed by atoms with Crippen LogP contribution in [-0.4, -0.2) is 22.9 Å². The molecular weight excluding hydrogens is 352 g/mol. The quantitative estimate of drug-likeness (QED) is 0.478. The molecule has 0 saturated carbocycles. The number of halogens is 1. The predicted octanol–water partition coefficient (Wildman–Crippen LogP) is 4.88. The Morgan fingerprint density at radius 3 is 2.52 bits per heavy atom. The number of nitrogens with zero attached hydrogens (tertiary/aromatic N) is 2. The average Bonchev–Trinajstić information content (AvgIpc) is 3.21. The second kappa shape index (κ2) is 6.78. The number of rotatable bonds is 5. The van der Waals surface area contributed by atoms with Crippen LogP contribution >= 0.6 is 34.3 Å². The van der Waals surface area contributed by atoms with Crippen LogP contribution < -0.4 is 4.74 Å². The van der Waals surface area contributed by atoms with E-state index in [4.69, 9.17) is 16.3 Å². The van der Waals surface area contributed by atoms with Crippen LogP contribution in [0.15, 0.2) is 29.6 Å². The van der Waals surface area contributed by atoms with E-state index in [2.05, 4.69) is 9.97 Å². The Morgan fingerprint density at radius 2 is 1.96 bits per heavy atom. The molecule has 2 aromatic heterocycles. The highest BCUT2D eigenvalue weighted by atomic mass is 35.5. The van der Waals surface area contributed by atoms with Gasteiger partial charge in [-0.05, 0) is 24.3 Å². The topological polar surface area (TPSA) is 52.1 Å². The van der Waals surface area contributed by atoms with Crippen LogP contribution in [0.4, 0.5) is 0 Å². The number of hydrogen-bond acceptors (Lipinski definition) is 6. The van der Waals surface area contributed by atoms with E-state index < -0.39 is 0 Å². The summed E-state index contributed by atoms with van der Waals surface area (Å²) in [5, 5.41) is 3.57. The number of carbonyl (C=O) groups excluding carboxylic acids is 1. The third-order valence-corrected chi connectivity index (χ3v) is 5.57. The van der Waals surface area contributed by atoms with E-state index in [1.165, 1.54) is 29.6 Å². The normalized spacial score (nSPS) is 10.7. The van der Waals surface area contributed by atoms with Crippen LogP contribution in [0.25, 0.3) is 21.3 Å². The molecule has 0 unspecified atom stereocenters. The zero-order chi connectivity index (χ0) is 16.4. The summed E-state index contributed by atoms with van der Waals surface area (Å²) in [5.41, 5.74) is 2.41. The minimum absolute atomic E-state index is 0.0185. The molecule has 0 bridgehead atoms. The van der Waals surface area contributed by atoms with Crippen molar-refractivity contribution < 1.29 is 9.53 Å². The monoisotopic (exact) mass is 364 g/mol. The number of ether oxygens (including phenoxy) is 1. The standard InChI is InChI=1S/C16H13ClN2O2S2/c1-9(20)14-12(7-17)18-16(23-14)13-8-22-15(19-13)10-3-5-11(21-2)6-4-10/h3-6,8H,7H2,1-2H3. The van der Waals surface area contributed by atoms with E-state index >= 15 is 0 Å². The minimum Gasteiger partial charge on any atom is -0.497 e. The van der Waals surface area contributed by atoms with Crippen LogP contribution in [0.1, 0.15) is 22.3 Å². The van der Waals surface area contributed by atoms with Crippen molar-refractivity contribution in [3.05, 3.63) is 40.2 Å². The summed E-state index contributed by atoms with van der Waals surface area (Å²) in [7, 11) is 1.64. The Bertz CT molecular complexity index is 840. The number of benzene rings is 1. The Labute approximate surface area is 146 Å². The molecule has 2 heterocycles. The van der Waals surface area contributed by atoms with E-state index in [-0.39, 0.29) is 11.7 Å². The fourth-order valence-electron chi connectivity index (χ4n) is 2.07. The summed E-state index contributed by atoms with van der Waals surface area (Å²) in [4.78, 5) is 21.3. The number of methoxy groups -OCH3 is 1. The van der Waals surface area contributed by atoms with Gasteiger partial charge in [-0.1, -0.05) is 0 Å². The third kappa shape index (κ3) is 3.29. The zero-order valence-electron chi connectivity index (χ0n) is 12.5. The van der Waals surface area contributed by atoms with Crippen LogP contribution in [0.5, 0.6) is 5.75 Å². The molecule has 0 amide bonds. The first kappa shape index (κ1) is 16.1. The number of thiazole rings is 2. The molecule has 0 saturated heterocycles. The van der Waals surface area contributed by atoms with E-state index in [0.29, 0.717) is 10.6 Å². The highest BCUT2D eigenvalue weighted by molar-refractivity contribution is 7.18. The maximum absolute atomic E-state index is 11.6. The number of carbonyl (C=O) groups is 1. The molecule has 3 rings (SSSR count). The maximum atomic E-state index is 11.6. The van der Waals surface area contributed by atoms with Crippen molar-refractivity contribution in [1.82, 2.24) is 9.97 Å². The first-order valence-electron chi connectivity index (χ1n) is 6.79. The maximum Gasteiger partial charge on any atom is 0.171 e. The van der Waals surface area contributed by atoms with Gasteiger partial charge in [0.15, 0.2) is 5.78 Å². The Kier molecular flexibility index (Phi) is 4.75. The highest BCUT2D eigenvalue weighted by Gasteiger charge is 2.17. The Balaban J connectivity index is 1.93. The predicted molar refractivity (Wildman–Crippen MR) is 94.8 cm³/mol. The molecule has 3 aromatic rings. The van der Waals surface area contributed by atoms with Gasteiger partial charge in [-0.3, -0.25) is 4.79 Å². The van der Waals surface area contributed by atoms with E-state index in [0.717, 1.165) is 27.0 Å². The molecule has 0 aliphatic carbocycles. The first-order valence-corrected chi connectivity index (χ1v) is 9.02. The Hall–Kier alpha value is -1.76. The number of ketones is 1. The van der Waals surface area contributed by atoms with E-state index in [9.17, 15) is 4.79 Å². The fraction of sp³-hybridized carbons (Fsp3) is 0.188. The second-order valence-corrected chi connectivity index (χ2v) is 6.88. The van der Waals surface area contributed by atoms with Crippen molar-refractivity contribution >= 4 is 40.1 Å².